The molecule has 8 nitrogen and oxygen atoms in total. The van der Waals surface area contributed by atoms with Gasteiger partial charge in [0.2, 0.25) is 17.6 Å². The standard InChI is InChI=1S/C19H18N4O4/c1-13-4-3-5-15(10-13)19-20-17(27-21-19)12-22(2)18(24)11-14-6-8-16(9-7-14)23(25)26/h3-10H,11-12H2,1-2H3. The van der Waals surface area contributed by atoms with Crippen molar-refractivity contribution in [3.8, 4) is 11.4 Å². The molecule has 2 aromatic carbocycles. The van der Waals surface area contributed by atoms with Gasteiger partial charge in [-0.15, -0.1) is 0 Å². The zero-order chi connectivity index (χ0) is 19.4. The molecule has 0 bridgehead atoms. The van der Waals surface area contributed by atoms with Crippen LogP contribution in [0.5, 0.6) is 0 Å². The van der Waals surface area contributed by atoms with Crippen LogP contribution < -0.4 is 0 Å². The minimum Gasteiger partial charge on any atom is -0.337 e. The smallest absolute Gasteiger partial charge is 0.269 e. The molecule has 0 unspecified atom stereocenters. The van der Waals surface area contributed by atoms with Gasteiger partial charge in [-0.25, -0.2) is 0 Å². The minimum atomic E-state index is -0.473. The second-order valence-electron chi connectivity index (χ2n) is 6.23. The minimum absolute atomic E-state index is 0.00547. The van der Waals surface area contributed by atoms with Crippen molar-refractivity contribution in [1.29, 1.82) is 0 Å². The third kappa shape index (κ3) is 4.55. The van der Waals surface area contributed by atoms with E-state index in [0.717, 1.165) is 11.1 Å². The van der Waals surface area contributed by atoms with Gasteiger partial charge in [-0.1, -0.05) is 41.1 Å². The molecule has 0 atom stereocenters. The average molecular weight is 366 g/mol. The summed E-state index contributed by atoms with van der Waals surface area (Å²) in [6.07, 6.45) is 0.132. The van der Waals surface area contributed by atoms with Gasteiger partial charge in [-0.05, 0) is 18.6 Å². The summed E-state index contributed by atoms with van der Waals surface area (Å²) in [4.78, 5) is 28.4. The van der Waals surface area contributed by atoms with Crippen molar-refractivity contribution in [3.63, 3.8) is 0 Å². The topological polar surface area (TPSA) is 102 Å². The Balaban J connectivity index is 1.62. The average Bonchev–Trinajstić information content (AvgIpc) is 3.10. The van der Waals surface area contributed by atoms with Crippen molar-refractivity contribution in [3.05, 3.63) is 75.7 Å². The molecule has 0 spiro atoms. The molecule has 0 fully saturated rings. The van der Waals surface area contributed by atoms with Crippen LogP contribution in [0.15, 0.2) is 53.1 Å². The fourth-order valence-electron chi connectivity index (χ4n) is 2.56. The fraction of sp³-hybridized carbons (Fsp3) is 0.211. The molecule has 0 saturated carbocycles. The summed E-state index contributed by atoms with van der Waals surface area (Å²) in [5.41, 5.74) is 2.64. The van der Waals surface area contributed by atoms with Crippen LogP contribution in [0, 0.1) is 17.0 Å². The molecule has 0 aliphatic rings. The number of aryl methyl sites for hydroxylation is 1. The van der Waals surface area contributed by atoms with Gasteiger partial charge in [-0.3, -0.25) is 14.9 Å². The van der Waals surface area contributed by atoms with Crippen molar-refractivity contribution in [2.24, 2.45) is 0 Å². The Hall–Kier alpha value is -3.55. The third-order valence-electron chi connectivity index (χ3n) is 4.05. The van der Waals surface area contributed by atoms with E-state index in [9.17, 15) is 14.9 Å². The van der Waals surface area contributed by atoms with Crippen molar-refractivity contribution in [2.75, 3.05) is 7.05 Å². The third-order valence-corrected chi connectivity index (χ3v) is 4.05. The van der Waals surface area contributed by atoms with E-state index in [1.54, 1.807) is 19.2 Å². The van der Waals surface area contributed by atoms with E-state index in [0.29, 0.717) is 17.3 Å². The summed E-state index contributed by atoms with van der Waals surface area (Å²) >= 11 is 0. The number of aromatic nitrogens is 2. The highest BCUT2D eigenvalue weighted by Crippen LogP contribution is 2.18. The van der Waals surface area contributed by atoms with Crippen LogP contribution in [0.1, 0.15) is 17.0 Å². The van der Waals surface area contributed by atoms with Gasteiger partial charge in [0, 0.05) is 24.7 Å². The molecular weight excluding hydrogens is 348 g/mol. The molecule has 0 saturated heterocycles. The van der Waals surface area contributed by atoms with E-state index in [1.165, 1.54) is 17.0 Å². The number of hydrogen-bond acceptors (Lipinski definition) is 6. The Kier molecular flexibility index (Phi) is 5.25. The summed E-state index contributed by atoms with van der Waals surface area (Å²) in [5, 5.41) is 14.6. The van der Waals surface area contributed by atoms with Crippen LogP contribution in [0.3, 0.4) is 0 Å². The lowest BCUT2D eigenvalue weighted by Gasteiger charge is -2.14. The fourth-order valence-corrected chi connectivity index (χ4v) is 2.56. The van der Waals surface area contributed by atoms with Crippen LogP contribution in [-0.2, 0) is 17.8 Å². The Morgan fingerprint density at radius 3 is 2.63 bits per heavy atom. The molecule has 1 amide bonds. The lowest BCUT2D eigenvalue weighted by Crippen LogP contribution is -2.27. The van der Waals surface area contributed by atoms with Gasteiger partial charge in [0.25, 0.3) is 5.69 Å². The number of rotatable bonds is 6. The van der Waals surface area contributed by atoms with E-state index in [1.807, 2.05) is 31.2 Å². The zero-order valence-electron chi connectivity index (χ0n) is 15.0. The van der Waals surface area contributed by atoms with Crippen molar-refractivity contribution in [2.45, 2.75) is 19.9 Å². The second kappa shape index (κ2) is 7.77. The number of amides is 1. The maximum absolute atomic E-state index is 12.4. The zero-order valence-corrected chi connectivity index (χ0v) is 15.0. The summed E-state index contributed by atoms with van der Waals surface area (Å²) in [5.74, 6) is 0.662. The van der Waals surface area contributed by atoms with Crippen LogP contribution >= 0.6 is 0 Å². The SMILES string of the molecule is Cc1cccc(-c2noc(CN(C)C(=O)Cc3ccc([N+](=O)[O-])cc3)n2)c1. The highest BCUT2D eigenvalue weighted by Gasteiger charge is 2.16. The highest BCUT2D eigenvalue weighted by molar-refractivity contribution is 5.78. The maximum atomic E-state index is 12.4. The molecule has 0 aliphatic heterocycles. The number of nitro groups is 1. The molecule has 1 heterocycles. The predicted octanol–water partition coefficient (Wildman–Crippen LogP) is 3.15. The lowest BCUT2D eigenvalue weighted by molar-refractivity contribution is -0.384. The van der Waals surface area contributed by atoms with Crippen molar-refractivity contribution >= 4 is 11.6 Å². The first kappa shape index (κ1) is 18.2. The van der Waals surface area contributed by atoms with Gasteiger partial charge >= 0.3 is 0 Å². The van der Waals surface area contributed by atoms with E-state index in [4.69, 9.17) is 4.52 Å². The molecule has 138 valence electrons. The molecular formula is C19H18N4O4. The number of hydrogen-bond donors (Lipinski definition) is 0. The summed E-state index contributed by atoms with van der Waals surface area (Å²) < 4.78 is 5.24. The number of carbonyl (C=O) groups is 1. The summed E-state index contributed by atoms with van der Waals surface area (Å²) in [6.45, 7) is 2.17. The first-order valence-electron chi connectivity index (χ1n) is 8.29. The Labute approximate surface area is 155 Å². The van der Waals surface area contributed by atoms with Gasteiger partial charge in [-0.2, -0.15) is 4.98 Å². The molecule has 0 N–H and O–H groups in total. The van der Waals surface area contributed by atoms with Crippen molar-refractivity contribution in [1.82, 2.24) is 15.0 Å². The Morgan fingerprint density at radius 2 is 1.96 bits per heavy atom. The molecule has 8 heteroatoms. The Bertz CT molecular complexity index is 966. The van der Waals surface area contributed by atoms with Crippen LogP contribution in [-0.4, -0.2) is 32.9 Å². The molecule has 1 aromatic heterocycles. The van der Waals surface area contributed by atoms with Gasteiger partial charge in [0.05, 0.1) is 17.9 Å². The normalized spacial score (nSPS) is 10.6. The largest absolute Gasteiger partial charge is 0.337 e. The lowest BCUT2D eigenvalue weighted by atomic mass is 10.1. The number of nitro benzene ring substituents is 1. The number of likely N-dealkylation sites (N-methyl/N-ethyl adjacent to an activating group) is 1. The van der Waals surface area contributed by atoms with Gasteiger partial charge < -0.3 is 9.42 Å². The molecule has 3 rings (SSSR count). The quantitative estimate of drug-likeness (QED) is 0.490. The monoisotopic (exact) mass is 366 g/mol. The molecule has 0 radical (unpaired) electrons. The highest BCUT2D eigenvalue weighted by atomic mass is 16.6. The molecule has 0 aliphatic carbocycles. The van der Waals surface area contributed by atoms with Crippen molar-refractivity contribution < 1.29 is 14.2 Å². The number of non-ortho nitro benzene ring substituents is 1. The van der Waals surface area contributed by atoms with Gasteiger partial charge in [0.15, 0.2) is 0 Å². The molecule has 27 heavy (non-hydrogen) atoms. The van der Waals surface area contributed by atoms with Crippen LogP contribution in [0.4, 0.5) is 5.69 Å². The van der Waals surface area contributed by atoms with E-state index in [-0.39, 0.29) is 24.6 Å². The number of benzene rings is 2. The Morgan fingerprint density at radius 1 is 1.22 bits per heavy atom. The molecule has 3 aromatic rings. The predicted molar refractivity (Wildman–Crippen MR) is 97.7 cm³/mol. The maximum Gasteiger partial charge on any atom is 0.269 e. The van der Waals surface area contributed by atoms with E-state index in [2.05, 4.69) is 10.1 Å². The van der Waals surface area contributed by atoms with E-state index >= 15 is 0 Å². The number of nitrogens with zero attached hydrogens (tertiary/aromatic N) is 4. The van der Waals surface area contributed by atoms with E-state index < -0.39 is 4.92 Å². The number of carbonyl (C=O) groups excluding carboxylic acids is 1. The summed E-state index contributed by atoms with van der Waals surface area (Å²) in [7, 11) is 1.64. The van der Waals surface area contributed by atoms with Gasteiger partial charge in [0.1, 0.15) is 0 Å². The first-order chi connectivity index (χ1) is 12.9. The van der Waals surface area contributed by atoms with Crippen LogP contribution in [0.25, 0.3) is 11.4 Å². The second-order valence-corrected chi connectivity index (χ2v) is 6.23. The first-order valence-corrected chi connectivity index (χ1v) is 8.29. The van der Waals surface area contributed by atoms with Crippen LogP contribution in [0.2, 0.25) is 0 Å². The summed E-state index contributed by atoms with van der Waals surface area (Å²) in [6, 6.07) is 13.7.